The van der Waals surface area contributed by atoms with E-state index in [1.807, 2.05) is 44.3 Å². The highest BCUT2D eigenvalue weighted by atomic mass is 16.2. The van der Waals surface area contributed by atoms with Gasteiger partial charge in [-0.25, -0.2) is 0 Å². The number of rotatable bonds is 6. The number of nitrogens with zero attached hydrogens (tertiary/aromatic N) is 5. The molecule has 1 unspecified atom stereocenters. The number of carbonyl (C=O) groups is 1. The molecule has 1 fully saturated rings. The van der Waals surface area contributed by atoms with E-state index in [0.717, 1.165) is 31.7 Å². The Morgan fingerprint density at radius 2 is 2.27 bits per heavy atom. The van der Waals surface area contributed by atoms with Crippen molar-refractivity contribution in [1.82, 2.24) is 20.0 Å². The lowest BCUT2D eigenvalue weighted by Crippen LogP contribution is -2.41. The van der Waals surface area contributed by atoms with Crippen LogP contribution in [0.3, 0.4) is 0 Å². The Labute approximate surface area is 132 Å². The summed E-state index contributed by atoms with van der Waals surface area (Å²) in [6.45, 7) is 2.46. The van der Waals surface area contributed by atoms with Gasteiger partial charge in [-0.1, -0.05) is 6.08 Å². The van der Waals surface area contributed by atoms with E-state index in [-0.39, 0.29) is 5.91 Å². The van der Waals surface area contributed by atoms with E-state index >= 15 is 0 Å². The van der Waals surface area contributed by atoms with Gasteiger partial charge < -0.3 is 14.7 Å². The number of carbonyl (C=O) groups excluding carboxylic acids is 1. The minimum atomic E-state index is 0.0489. The molecule has 0 aromatic carbocycles. The molecular formula is C16H25N5O. The van der Waals surface area contributed by atoms with Crippen LogP contribution in [-0.2, 0) is 4.79 Å². The minimum absolute atomic E-state index is 0.0489. The minimum Gasteiger partial charge on any atom is -0.350 e. The third-order valence-corrected chi connectivity index (χ3v) is 3.82. The molecule has 2 heterocycles. The molecule has 0 bridgehead atoms. The van der Waals surface area contributed by atoms with E-state index < -0.39 is 0 Å². The summed E-state index contributed by atoms with van der Waals surface area (Å²) in [5, 5.41) is 8.13. The molecular weight excluding hydrogens is 278 g/mol. The number of anilines is 1. The number of likely N-dealkylation sites (N-methyl/N-ethyl adjacent to an activating group) is 2. The van der Waals surface area contributed by atoms with Gasteiger partial charge in [0, 0.05) is 45.0 Å². The first-order valence-corrected chi connectivity index (χ1v) is 7.68. The molecule has 2 rings (SSSR count). The number of hydrogen-bond donors (Lipinski definition) is 0. The average Bonchev–Trinajstić information content (AvgIpc) is 2.95. The van der Waals surface area contributed by atoms with Gasteiger partial charge in [-0.2, -0.15) is 5.10 Å². The Morgan fingerprint density at radius 3 is 2.95 bits per heavy atom. The molecule has 1 atom stereocenters. The van der Waals surface area contributed by atoms with E-state index in [2.05, 4.69) is 15.1 Å². The Bertz CT molecular complexity index is 503. The van der Waals surface area contributed by atoms with Crippen molar-refractivity contribution in [2.45, 2.75) is 18.9 Å². The second-order valence-corrected chi connectivity index (χ2v) is 5.95. The standard InChI is InChI=1S/C16H25N5O/c1-19(2)11-6-9-16(22)20(3)13-14-7-5-12-21(14)15-8-4-10-17-18-15/h4,6,8-10,14H,5,7,11-13H2,1-3H3/b9-6+. The van der Waals surface area contributed by atoms with Gasteiger partial charge in [-0.3, -0.25) is 4.79 Å². The van der Waals surface area contributed by atoms with E-state index in [0.29, 0.717) is 12.6 Å². The highest BCUT2D eigenvalue weighted by Crippen LogP contribution is 2.23. The average molecular weight is 303 g/mol. The van der Waals surface area contributed by atoms with Crippen LogP contribution < -0.4 is 4.90 Å². The molecule has 1 aromatic rings. The second kappa shape index (κ2) is 7.89. The van der Waals surface area contributed by atoms with Crippen LogP contribution in [0.5, 0.6) is 0 Å². The molecule has 0 N–H and O–H groups in total. The molecule has 22 heavy (non-hydrogen) atoms. The van der Waals surface area contributed by atoms with Crippen LogP contribution in [0.15, 0.2) is 30.5 Å². The molecule has 0 radical (unpaired) electrons. The summed E-state index contributed by atoms with van der Waals surface area (Å²) in [7, 11) is 5.82. The fraction of sp³-hybridized carbons (Fsp3) is 0.562. The zero-order valence-corrected chi connectivity index (χ0v) is 13.6. The fourth-order valence-electron chi connectivity index (χ4n) is 2.67. The number of hydrogen-bond acceptors (Lipinski definition) is 5. The molecule has 120 valence electrons. The van der Waals surface area contributed by atoms with Crippen molar-refractivity contribution in [1.29, 1.82) is 0 Å². The van der Waals surface area contributed by atoms with Gasteiger partial charge in [-0.05, 0) is 39.1 Å². The summed E-state index contributed by atoms with van der Waals surface area (Å²) >= 11 is 0. The highest BCUT2D eigenvalue weighted by molar-refractivity contribution is 5.87. The van der Waals surface area contributed by atoms with Gasteiger partial charge in [0.15, 0.2) is 5.82 Å². The van der Waals surface area contributed by atoms with Gasteiger partial charge in [0.2, 0.25) is 5.91 Å². The fourth-order valence-corrected chi connectivity index (χ4v) is 2.67. The molecule has 0 spiro atoms. The zero-order chi connectivity index (χ0) is 15.9. The van der Waals surface area contributed by atoms with Crippen LogP contribution in [0.1, 0.15) is 12.8 Å². The van der Waals surface area contributed by atoms with Crippen LogP contribution in [0.25, 0.3) is 0 Å². The monoisotopic (exact) mass is 303 g/mol. The SMILES string of the molecule is CN(C)C/C=C/C(=O)N(C)CC1CCCN1c1cccnn1. The van der Waals surface area contributed by atoms with Crippen molar-refractivity contribution in [3.63, 3.8) is 0 Å². The smallest absolute Gasteiger partial charge is 0.246 e. The quantitative estimate of drug-likeness (QED) is 0.735. The van der Waals surface area contributed by atoms with Crippen molar-refractivity contribution >= 4 is 11.7 Å². The Balaban J connectivity index is 1.91. The molecule has 6 heteroatoms. The molecule has 1 aromatic heterocycles. The summed E-state index contributed by atoms with van der Waals surface area (Å²) < 4.78 is 0. The zero-order valence-electron chi connectivity index (χ0n) is 13.6. The Morgan fingerprint density at radius 1 is 1.45 bits per heavy atom. The van der Waals surface area contributed by atoms with E-state index in [1.54, 1.807) is 17.2 Å². The van der Waals surface area contributed by atoms with Crippen LogP contribution in [0.2, 0.25) is 0 Å². The molecule has 6 nitrogen and oxygen atoms in total. The Kier molecular flexibility index (Phi) is 5.89. The Hall–Kier alpha value is -1.95. The van der Waals surface area contributed by atoms with E-state index in [4.69, 9.17) is 0 Å². The summed E-state index contributed by atoms with van der Waals surface area (Å²) in [6, 6.07) is 4.19. The molecule has 1 saturated heterocycles. The van der Waals surface area contributed by atoms with Crippen molar-refractivity contribution in [3.8, 4) is 0 Å². The predicted octanol–water partition coefficient (Wildman–Crippen LogP) is 1.02. The summed E-state index contributed by atoms with van der Waals surface area (Å²) in [5.41, 5.74) is 0. The highest BCUT2D eigenvalue weighted by Gasteiger charge is 2.27. The first-order chi connectivity index (χ1) is 10.6. The van der Waals surface area contributed by atoms with E-state index in [1.165, 1.54) is 0 Å². The first-order valence-electron chi connectivity index (χ1n) is 7.68. The predicted molar refractivity (Wildman–Crippen MR) is 87.7 cm³/mol. The van der Waals surface area contributed by atoms with Crippen molar-refractivity contribution in [3.05, 3.63) is 30.5 Å². The van der Waals surface area contributed by atoms with Crippen molar-refractivity contribution < 1.29 is 4.79 Å². The maximum atomic E-state index is 12.1. The van der Waals surface area contributed by atoms with Gasteiger partial charge in [0.05, 0.1) is 0 Å². The van der Waals surface area contributed by atoms with Gasteiger partial charge >= 0.3 is 0 Å². The topological polar surface area (TPSA) is 52.6 Å². The molecule has 1 amide bonds. The summed E-state index contributed by atoms with van der Waals surface area (Å²) in [6.07, 6.45) is 7.44. The number of amides is 1. The molecule has 0 saturated carbocycles. The summed E-state index contributed by atoms with van der Waals surface area (Å²) in [5.74, 6) is 0.946. The number of aromatic nitrogens is 2. The maximum absolute atomic E-state index is 12.1. The lowest BCUT2D eigenvalue weighted by molar-refractivity contribution is -0.125. The first kappa shape index (κ1) is 16.4. The third-order valence-electron chi connectivity index (χ3n) is 3.82. The second-order valence-electron chi connectivity index (χ2n) is 5.95. The van der Waals surface area contributed by atoms with Crippen LogP contribution >= 0.6 is 0 Å². The van der Waals surface area contributed by atoms with Crippen molar-refractivity contribution in [2.75, 3.05) is 45.7 Å². The van der Waals surface area contributed by atoms with Crippen LogP contribution in [-0.4, -0.2) is 72.7 Å². The largest absolute Gasteiger partial charge is 0.350 e. The van der Waals surface area contributed by atoms with Gasteiger partial charge in [0.25, 0.3) is 0 Å². The summed E-state index contributed by atoms with van der Waals surface area (Å²) in [4.78, 5) is 18.2. The molecule has 1 aliphatic heterocycles. The van der Waals surface area contributed by atoms with Crippen LogP contribution in [0.4, 0.5) is 5.82 Å². The van der Waals surface area contributed by atoms with Crippen molar-refractivity contribution in [2.24, 2.45) is 0 Å². The van der Waals surface area contributed by atoms with Gasteiger partial charge in [0.1, 0.15) is 0 Å². The third kappa shape index (κ3) is 4.53. The lowest BCUT2D eigenvalue weighted by atomic mass is 10.2. The molecule has 0 aliphatic carbocycles. The van der Waals surface area contributed by atoms with E-state index in [9.17, 15) is 4.79 Å². The van der Waals surface area contributed by atoms with Gasteiger partial charge in [-0.15, -0.1) is 5.10 Å². The lowest BCUT2D eigenvalue weighted by Gasteiger charge is -2.28. The normalized spacial score (nSPS) is 18.4. The molecule has 1 aliphatic rings. The van der Waals surface area contributed by atoms with Crippen LogP contribution in [0, 0.1) is 0 Å². The maximum Gasteiger partial charge on any atom is 0.246 e.